The minimum atomic E-state index is -0.265. The van der Waals surface area contributed by atoms with E-state index in [0.29, 0.717) is 11.2 Å². The Bertz CT molecular complexity index is 1020. The maximum atomic E-state index is 12.1. The number of rotatable bonds is 5. The zero-order valence-electron chi connectivity index (χ0n) is 15.4. The second kappa shape index (κ2) is 7.98. The van der Waals surface area contributed by atoms with Crippen LogP contribution in [0.25, 0.3) is 11.0 Å². The first-order valence-electron chi connectivity index (χ1n) is 9.31. The van der Waals surface area contributed by atoms with E-state index in [1.165, 1.54) is 5.69 Å². The van der Waals surface area contributed by atoms with Gasteiger partial charge in [-0.2, -0.15) is 0 Å². The van der Waals surface area contributed by atoms with Crippen molar-refractivity contribution in [3.63, 3.8) is 0 Å². The molecule has 0 atom stereocenters. The summed E-state index contributed by atoms with van der Waals surface area (Å²) < 4.78 is 0. The third kappa shape index (κ3) is 3.84. The highest BCUT2D eigenvalue weighted by Gasteiger charge is 2.21. The molecule has 7 nitrogen and oxygen atoms in total. The van der Waals surface area contributed by atoms with Crippen molar-refractivity contribution in [3.8, 4) is 0 Å². The summed E-state index contributed by atoms with van der Waals surface area (Å²) >= 11 is 5.69. The molecule has 2 heterocycles. The molecule has 3 aromatic rings. The number of hydrogen-bond acceptors (Lipinski definition) is 4. The standard InChI is InChI=1S/C20H22ClN5O2/c21-7-6-19(27)22-17-12-15-16(24-20(28)23-15)13-18(17)26-10-8-25(9-11-26)14-4-2-1-3-5-14/h1-5,12-13H,6-11H2,(H,22,27)(H2,23,24,28). The van der Waals surface area contributed by atoms with E-state index in [1.807, 2.05) is 24.3 Å². The van der Waals surface area contributed by atoms with Crippen LogP contribution in [0, 0.1) is 0 Å². The van der Waals surface area contributed by atoms with E-state index in [4.69, 9.17) is 11.6 Å². The van der Waals surface area contributed by atoms with E-state index >= 15 is 0 Å². The van der Waals surface area contributed by atoms with Gasteiger partial charge in [0, 0.05) is 44.2 Å². The van der Waals surface area contributed by atoms with Crippen LogP contribution >= 0.6 is 11.6 Å². The molecule has 1 aromatic heterocycles. The molecule has 28 heavy (non-hydrogen) atoms. The maximum Gasteiger partial charge on any atom is 0.323 e. The van der Waals surface area contributed by atoms with Crippen LogP contribution < -0.4 is 20.8 Å². The Kier molecular flexibility index (Phi) is 5.25. The Balaban J connectivity index is 1.60. The van der Waals surface area contributed by atoms with Crippen molar-refractivity contribution in [2.24, 2.45) is 0 Å². The molecule has 3 N–H and O–H groups in total. The fourth-order valence-electron chi connectivity index (χ4n) is 3.58. The lowest BCUT2D eigenvalue weighted by Crippen LogP contribution is -2.46. The Morgan fingerprint density at radius 1 is 1.00 bits per heavy atom. The highest BCUT2D eigenvalue weighted by atomic mass is 35.5. The number of carbonyl (C=O) groups is 1. The van der Waals surface area contributed by atoms with Gasteiger partial charge >= 0.3 is 5.69 Å². The average molecular weight is 400 g/mol. The van der Waals surface area contributed by atoms with Crippen LogP contribution in [0.15, 0.2) is 47.3 Å². The molecule has 0 saturated carbocycles. The summed E-state index contributed by atoms with van der Waals surface area (Å²) in [6, 6.07) is 14.1. The van der Waals surface area contributed by atoms with Crippen molar-refractivity contribution < 1.29 is 4.79 Å². The molecule has 4 rings (SSSR count). The van der Waals surface area contributed by atoms with Crippen LogP contribution in [0.4, 0.5) is 17.1 Å². The Morgan fingerprint density at radius 3 is 2.32 bits per heavy atom. The molecule has 146 valence electrons. The number of alkyl halides is 1. The predicted octanol–water partition coefficient (Wildman–Crippen LogP) is 2.75. The number of benzene rings is 2. The van der Waals surface area contributed by atoms with Crippen molar-refractivity contribution in [2.75, 3.05) is 47.2 Å². The lowest BCUT2D eigenvalue weighted by Gasteiger charge is -2.38. The van der Waals surface area contributed by atoms with Gasteiger partial charge in [0.05, 0.1) is 22.4 Å². The molecule has 0 bridgehead atoms. The molecule has 0 unspecified atom stereocenters. The summed E-state index contributed by atoms with van der Waals surface area (Å²) in [5.74, 6) is 0.122. The monoisotopic (exact) mass is 399 g/mol. The second-order valence-electron chi connectivity index (χ2n) is 6.79. The zero-order valence-corrected chi connectivity index (χ0v) is 16.1. The van der Waals surface area contributed by atoms with E-state index in [-0.39, 0.29) is 23.9 Å². The molecule has 1 amide bonds. The van der Waals surface area contributed by atoms with Gasteiger partial charge in [-0.1, -0.05) is 18.2 Å². The zero-order chi connectivity index (χ0) is 19.5. The number of para-hydroxylation sites is 1. The Morgan fingerprint density at radius 2 is 1.64 bits per heavy atom. The van der Waals surface area contributed by atoms with Crippen LogP contribution in [-0.4, -0.2) is 47.9 Å². The molecule has 8 heteroatoms. The summed E-state index contributed by atoms with van der Waals surface area (Å²) in [4.78, 5) is 33.9. The van der Waals surface area contributed by atoms with E-state index < -0.39 is 0 Å². The largest absolute Gasteiger partial charge is 0.368 e. The van der Waals surface area contributed by atoms with E-state index in [2.05, 4.69) is 37.2 Å². The van der Waals surface area contributed by atoms with Crippen molar-refractivity contribution in [1.82, 2.24) is 9.97 Å². The number of piperazine rings is 1. The van der Waals surface area contributed by atoms with Crippen molar-refractivity contribution in [3.05, 3.63) is 52.9 Å². The number of anilines is 3. The number of carbonyl (C=O) groups excluding carboxylic acids is 1. The second-order valence-corrected chi connectivity index (χ2v) is 7.17. The summed E-state index contributed by atoms with van der Waals surface area (Å²) in [7, 11) is 0. The Labute approximate surface area is 167 Å². The van der Waals surface area contributed by atoms with Crippen LogP contribution in [0.3, 0.4) is 0 Å². The third-order valence-electron chi connectivity index (χ3n) is 4.97. The lowest BCUT2D eigenvalue weighted by atomic mass is 10.1. The normalized spacial score (nSPS) is 14.5. The average Bonchev–Trinajstić information content (AvgIpc) is 3.07. The van der Waals surface area contributed by atoms with Gasteiger partial charge in [0.25, 0.3) is 0 Å². The number of aromatic nitrogens is 2. The summed E-state index contributed by atoms with van der Waals surface area (Å²) in [6.45, 7) is 3.38. The highest BCUT2D eigenvalue weighted by Crippen LogP contribution is 2.31. The van der Waals surface area contributed by atoms with Crippen LogP contribution in [0.2, 0.25) is 0 Å². The van der Waals surface area contributed by atoms with Crippen molar-refractivity contribution >= 4 is 45.6 Å². The Hall–Kier alpha value is -2.93. The van der Waals surface area contributed by atoms with Gasteiger partial charge in [-0.25, -0.2) is 4.79 Å². The van der Waals surface area contributed by atoms with E-state index in [1.54, 1.807) is 6.07 Å². The SMILES string of the molecule is O=C(CCCl)Nc1cc2[nH]c(=O)[nH]c2cc1N1CCN(c2ccccc2)CC1. The van der Waals surface area contributed by atoms with Gasteiger partial charge in [0.15, 0.2) is 0 Å². The van der Waals surface area contributed by atoms with Crippen LogP contribution in [0.5, 0.6) is 0 Å². The first-order valence-corrected chi connectivity index (χ1v) is 9.84. The first kappa shape index (κ1) is 18.4. The number of imidazole rings is 1. The molecule has 0 radical (unpaired) electrons. The van der Waals surface area contributed by atoms with E-state index in [9.17, 15) is 9.59 Å². The number of aromatic amines is 2. The van der Waals surface area contributed by atoms with Gasteiger partial charge < -0.3 is 25.1 Å². The van der Waals surface area contributed by atoms with Crippen molar-refractivity contribution in [2.45, 2.75) is 6.42 Å². The number of hydrogen-bond donors (Lipinski definition) is 3. The van der Waals surface area contributed by atoms with Crippen LogP contribution in [-0.2, 0) is 4.79 Å². The summed E-state index contributed by atoms with van der Waals surface area (Å²) in [6.07, 6.45) is 0.241. The number of halogens is 1. The molecule has 2 aromatic carbocycles. The quantitative estimate of drug-likeness (QED) is 0.576. The van der Waals surface area contributed by atoms with Gasteiger partial charge in [0.2, 0.25) is 5.91 Å². The summed E-state index contributed by atoms with van der Waals surface area (Å²) in [5, 5.41) is 2.94. The molecular formula is C20H22ClN5O2. The number of nitrogens with zero attached hydrogens (tertiary/aromatic N) is 2. The maximum absolute atomic E-state index is 12.1. The van der Waals surface area contributed by atoms with Crippen molar-refractivity contribution in [1.29, 1.82) is 0 Å². The number of nitrogens with one attached hydrogen (secondary N) is 3. The van der Waals surface area contributed by atoms with Crippen LogP contribution in [0.1, 0.15) is 6.42 Å². The number of H-pyrrole nitrogens is 2. The lowest BCUT2D eigenvalue weighted by molar-refractivity contribution is -0.115. The molecule has 1 saturated heterocycles. The van der Waals surface area contributed by atoms with Gasteiger partial charge in [-0.3, -0.25) is 4.79 Å². The molecule has 1 aliphatic heterocycles. The highest BCUT2D eigenvalue weighted by molar-refractivity contribution is 6.19. The fourth-order valence-corrected chi connectivity index (χ4v) is 3.75. The van der Waals surface area contributed by atoms with E-state index in [0.717, 1.165) is 37.4 Å². The number of amides is 1. The molecule has 1 aliphatic rings. The number of fused-ring (bicyclic) bond motifs is 1. The molecule has 0 aliphatic carbocycles. The minimum Gasteiger partial charge on any atom is -0.368 e. The minimum absolute atomic E-state index is 0.142. The topological polar surface area (TPSA) is 84.2 Å². The smallest absolute Gasteiger partial charge is 0.323 e. The first-order chi connectivity index (χ1) is 13.6. The van der Waals surface area contributed by atoms with Gasteiger partial charge in [0.1, 0.15) is 0 Å². The van der Waals surface area contributed by atoms with Gasteiger partial charge in [-0.05, 0) is 24.3 Å². The summed E-state index contributed by atoms with van der Waals surface area (Å²) in [5.41, 5.74) is 3.92. The van der Waals surface area contributed by atoms with Gasteiger partial charge in [-0.15, -0.1) is 11.6 Å². The third-order valence-corrected chi connectivity index (χ3v) is 5.16. The predicted molar refractivity (Wildman–Crippen MR) is 114 cm³/mol. The molecule has 1 fully saturated rings. The molecule has 0 spiro atoms. The molecular weight excluding hydrogens is 378 g/mol. The fraction of sp³-hybridized carbons (Fsp3) is 0.300.